The number of nitrogens with zero attached hydrogens (tertiary/aromatic N) is 2. The Morgan fingerprint density at radius 1 is 0.359 bits per heavy atom. The highest BCUT2D eigenvalue weighted by Gasteiger charge is 2.22. The second kappa shape index (κ2) is 7.62. The maximum Gasteiger partial charge on any atom is 0.161 e. The van der Waals surface area contributed by atoms with Crippen LogP contribution in [-0.4, -0.2) is 9.13 Å². The summed E-state index contributed by atoms with van der Waals surface area (Å²) in [4.78, 5) is 0. The predicted octanol–water partition coefficient (Wildman–Crippen LogP) is 9.78. The lowest BCUT2D eigenvalue weighted by molar-refractivity contribution is 0.666. The van der Waals surface area contributed by atoms with Crippen LogP contribution in [0, 0.1) is 0 Å². The molecule has 9 aromatic rings. The minimum Gasteiger partial charge on any atom is -0.454 e. The van der Waals surface area contributed by atoms with Gasteiger partial charge in [0.2, 0.25) is 0 Å². The zero-order chi connectivity index (χ0) is 25.5. The summed E-state index contributed by atoms with van der Waals surface area (Å²) in [5, 5.41) is 7.22. The number of hydrogen-bond acceptors (Lipinski definition) is 1. The monoisotopic (exact) mass is 498 g/mol. The molecule has 39 heavy (non-hydrogen) atoms. The van der Waals surface area contributed by atoms with Gasteiger partial charge >= 0.3 is 0 Å². The molecular weight excluding hydrogens is 476 g/mol. The Morgan fingerprint density at radius 3 is 1.26 bits per heavy atom. The first-order chi connectivity index (χ1) is 19.4. The molecule has 0 fully saturated rings. The van der Waals surface area contributed by atoms with Crippen molar-refractivity contribution in [2.75, 3.05) is 0 Å². The van der Waals surface area contributed by atoms with Crippen molar-refractivity contribution in [1.82, 2.24) is 9.13 Å². The Balaban J connectivity index is 1.48. The van der Waals surface area contributed by atoms with Gasteiger partial charge in [0.25, 0.3) is 0 Å². The van der Waals surface area contributed by atoms with Crippen LogP contribution >= 0.6 is 0 Å². The van der Waals surface area contributed by atoms with Crippen LogP contribution in [0.15, 0.2) is 138 Å². The van der Waals surface area contributed by atoms with Gasteiger partial charge in [0.15, 0.2) is 5.58 Å². The van der Waals surface area contributed by atoms with E-state index in [2.05, 4.69) is 137 Å². The molecule has 0 unspecified atom stereocenters. The molecule has 0 atom stereocenters. The average molecular weight is 499 g/mol. The van der Waals surface area contributed by atoms with E-state index in [-0.39, 0.29) is 0 Å². The van der Waals surface area contributed by atoms with Crippen LogP contribution in [0.25, 0.3) is 76.9 Å². The Kier molecular flexibility index (Phi) is 4.05. The van der Waals surface area contributed by atoms with Crippen molar-refractivity contribution < 1.29 is 4.42 Å². The number of fused-ring (bicyclic) bond motifs is 9. The van der Waals surface area contributed by atoms with Gasteiger partial charge in [0, 0.05) is 26.9 Å². The molecule has 3 nitrogen and oxygen atoms in total. The van der Waals surface area contributed by atoms with Crippen LogP contribution < -0.4 is 0 Å². The van der Waals surface area contributed by atoms with Gasteiger partial charge in [-0.2, -0.15) is 0 Å². The molecule has 182 valence electrons. The summed E-state index contributed by atoms with van der Waals surface area (Å²) in [6, 6.07) is 47.5. The highest BCUT2D eigenvalue weighted by Crippen LogP contribution is 2.42. The Labute approximate surface area is 223 Å². The topological polar surface area (TPSA) is 23.0 Å². The molecule has 3 aromatic heterocycles. The van der Waals surface area contributed by atoms with E-state index in [0.29, 0.717) is 0 Å². The molecule has 0 bridgehead atoms. The summed E-state index contributed by atoms with van der Waals surface area (Å²) in [6.07, 6.45) is 0. The molecular formula is C36H22N2O. The molecule has 0 amide bonds. The number of aromatic nitrogens is 2. The van der Waals surface area contributed by atoms with Crippen molar-refractivity contribution in [1.29, 1.82) is 0 Å². The van der Waals surface area contributed by atoms with E-state index in [9.17, 15) is 0 Å². The lowest BCUT2D eigenvalue weighted by Gasteiger charge is -2.14. The second-order valence-corrected chi connectivity index (χ2v) is 10.1. The SMILES string of the molecule is c1ccc2c(c1)oc1c(-n3c4ccccc4c4ccccc43)ccc(-n3c4ccccc4c4ccccc43)c12. The molecule has 0 radical (unpaired) electrons. The number of hydrogen-bond donors (Lipinski definition) is 0. The van der Waals surface area contributed by atoms with Crippen LogP contribution in [-0.2, 0) is 0 Å². The first kappa shape index (κ1) is 20.7. The maximum absolute atomic E-state index is 6.73. The Morgan fingerprint density at radius 2 is 0.744 bits per heavy atom. The molecule has 0 saturated heterocycles. The quantitative estimate of drug-likeness (QED) is 0.233. The van der Waals surface area contributed by atoms with Crippen molar-refractivity contribution >= 4 is 65.6 Å². The number of para-hydroxylation sites is 5. The van der Waals surface area contributed by atoms with E-state index < -0.39 is 0 Å². The van der Waals surface area contributed by atoms with Crippen molar-refractivity contribution in [3.63, 3.8) is 0 Å². The summed E-state index contributed by atoms with van der Waals surface area (Å²) in [7, 11) is 0. The van der Waals surface area contributed by atoms with Gasteiger partial charge in [-0.25, -0.2) is 0 Å². The first-order valence-electron chi connectivity index (χ1n) is 13.3. The highest BCUT2D eigenvalue weighted by atomic mass is 16.3. The molecule has 0 aliphatic heterocycles. The van der Waals surface area contributed by atoms with Crippen LogP contribution in [0.2, 0.25) is 0 Å². The third-order valence-electron chi connectivity index (χ3n) is 8.13. The van der Waals surface area contributed by atoms with E-state index in [4.69, 9.17) is 4.42 Å². The summed E-state index contributed by atoms with van der Waals surface area (Å²) in [5.74, 6) is 0. The largest absolute Gasteiger partial charge is 0.454 e. The van der Waals surface area contributed by atoms with E-state index in [1.165, 1.54) is 43.6 Å². The van der Waals surface area contributed by atoms with Crippen molar-refractivity contribution in [2.45, 2.75) is 0 Å². The second-order valence-electron chi connectivity index (χ2n) is 10.1. The van der Waals surface area contributed by atoms with E-state index in [1.807, 2.05) is 6.07 Å². The third-order valence-corrected chi connectivity index (χ3v) is 8.13. The fraction of sp³-hybridized carbons (Fsp3) is 0. The van der Waals surface area contributed by atoms with Crippen molar-refractivity contribution in [3.05, 3.63) is 133 Å². The zero-order valence-corrected chi connectivity index (χ0v) is 21.0. The molecule has 0 aliphatic carbocycles. The van der Waals surface area contributed by atoms with Crippen LogP contribution in [0.1, 0.15) is 0 Å². The normalized spacial score (nSPS) is 12.1. The van der Waals surface area contributed by atoms with E-state index in [1.54, 1.807) is 0 Å². The molecule has 0 aliphatic rings. The maximum atomic E-state index is 6.73. The molecule has 0 saturated carbocycles. The fourth-order valence-corrected chi connectivity index (χ4v) is 6.52. The van der Waals surface area contributed by atoms with Gasteiger partial charge in [-0.1, -0.05) is 91.0 Å². The molecule has 6 aromatic carbocycles. The summed E-state index contributed by atoms with van der Waals surface area (Å²) in [6.45, 7) is 0. The van der Waals surface area contributed by atoms with Gasteiger partial charge in [0.1, 0.15) is 5.58 Å². The first-order valence-corrected chi connectivity index (χ1v) is 13.3. The molecule has 3 heteroatoms. The number of furan rings is 1. The summed E-state index contributed by atoms with van der Waals surface area (Å²) < 4.78 is 11.5. The Hall–Kier alpha value is -5.28. The standard InChI is InChI=1S/C36H22N2O/c1-6-16-28-23(11-1)24-12-2-7-17-29(24)37(28)32-21-22-33(36-35(32)27-15-5-10-20-34(27)39-36)38-30-18-8-3-13-25(30)26-14-4-9-19-31(26)38/h1-22H. The molecule has 0 spiro atoms. The highest BCUT2D eigenvalue weighted by molar-refractivity contribution is 6.17. The lowest BCUT2D eigenvalue weighted by atomic mass is 10.1. The van der Waals surface area contributed by atoms with Gasteiger partial charge in [-0.15, -0.1) is 0 Å². The van der Waals surface area contributed by atoms with Crippen molar-refractivity contribution in [3.8, 4) is 11.4 Å². The number of benzene rings is 6. The smallest absolute Gasteiger partial charge is 0.161 e. The van der Waals surface area contributed by atoms with Gasteiger partial charge in [-0.3, -0.25) is 0 Å². The average Bonchev–Trinajstić information content (AvgIpc) is 3.65. The number of rotatable bonds is 2. The zero-order valence-electron chi connectivity index (χ0n) is 21.0. The van der Waals surface area contributed by atoms with Crippen LogP contribution in [0.3, 0.4) is 0 Å². The lowest BCUT2D eigenvalue weighted by Crippen LogP contribution is -1.99. The molecule has 0 N–H and O–H groups in total. The third kappa shape index (κ3) is 2.71. The van der Waals surface area contributed by atoms with Gasteiger partial charge in [0.05, 0.1) is 38.8 Å². The summed E-state index contributed by atoms with van der Waals surface area (Å²) >= 11 is 0. The van der Waals surface area contributed by atoms with Crippen molar-refractivity contribution in [2.24, 2.45) is 0 Å². The molecule has 3 heterocycles. The predicted molar refractivity (Wildman–Crippen MR) is 162 cm³/mol. The summed E-state index contributed by atoms with van der Waals surface area (Å²) in [5.41, 5.74) is 8.67. The minimum atomic E-state index is 0.891. The van der Waals surface area contributed by atoms with E-state index >= 15 is 0 Å². The van der Waals surface area contributed by atoms with E-state index in [0.717, 1.165) is 33.3 Å². The Bertz CT molecular complexity index is 2290. The van der Waals surface area contributed by atoms with Crippen LogP contribution in [0.5, 0.6) is 0 Å². The molecule has 9 rings (SSSR count). The fourth-order valence-electron chi connectivity index (χ4n) is 6.52. The van der Waals surface area contributed by atoms with Crippen LogP contribution in [0.4, 0.5) is 0 Å². The van der Waals surface area contributed by atoms with Gasteiger partial charge < -0.3 is 13.6 Å². The van der Waals surface area contributed by atoms with Gasteiger partial charge in [-0.05, 0) is 42.5 Å². The minimum absolute atomic E-state index is 0.891.